The molecule has 0 aliphatic heterocycles. The molecular weight excluding hydrogens is 397 g/mol. The number of nitrogens with one attached hydrogen (secondary N) is 2. The lowest BCUT2D eigenvalue weighted by molar-refractivity contribution is -0.137. The minimum absolute atomic E-state index is 0.0503. The molecule has 1 aromatic heterocycles. The van der Waals surface area contributed by atoms with Crippen LogP contribution in [0.2, 0.25) is 0 Å². The third-order valence-electron chi connectivity index (χ3n) is 5.59. The summed E-state index contributed by atoms with van der Waals surface area (Å²) in [6.45, 7) is 0. The molecular formula is C20H25F3N6O. The number of nitrogens with two attached hydrogens (primary N) is 1. The van der Waals surface area contributed by atoms with E-state index in [0.717, 1.165) is 31.4 Å². The molecule has 1 amide bonds. The third-order valence-corrected chi connectivity index (χ3v) is 5.59. The number of hydrogen-bond donors (Lipinski definition) is 3. The number of primary amides is 1. The van der Waals surface area contributed by atoms with Gasteiger partial charge in [-0.15, -0.1) is 0 Å². The summed E-state index contributed by atoms with van der Waals surface area (Å²) in [5, 5.41) is 15.2. The molecule has 1 saturated carbocycles. The van der Waals surface area contributed by atoms with Crippen molar-refractivity contribution in [2.45, 2.75) is 37.5 Å². The van der Waals surface area contributed by atoms with Crippen LogP contribution in [0.3, 0.4) is 0 Å². The summed E-state index contributed by atoms with van der Waals surface area (Å²) in [5.74, 6) is -0.560. The van der Waals surface area contributed by atoms with Gasteiger partial charge < -0.3 is 21.4 Å². The second kappa shape index (κ2) is 8.47. The Morgan fingerprint density at radius 3 is 2.50 bits per heavy atom. The van der Waals surface area contributed by atoms with E-state index in [-0.39, 0.29) is 23.3 Å². The van der Waals surface area contributed by atoms with Crippen molar-refractivity contribution in [3.63, 3.8) is 0 Å². The van der Waals surface area contributed by atoms with Crippen LogP contribution in [0.5, 0.6) is 0 Å². The van der Waals surface area contributed by atoms with Crippen LogP contribution in [-0.2, 0) is 6.18 Å². The van der Waals surface area contributed by atoms with E-state index in [4.69, 9.17) is 11.1 Å². The largest absolute Gasteiger partial charge is 0.416 e. The lowest BCUT2D eigenvalue weighted by atomic mass is 9.82. The molecule has 162 valence electrons. The van der Waals surface area contributed by atoms with E-state index in [0.29, 0.717) is 11.7 Å². The van der Waals surface area contributed by atoms with Gasteiger partial charge in [-0.1, -0.05) is 0 Å². The van der Waals surface area contributed by atoms with Gasteiger partial charge in [-0.25, -0.2) is 0 Å². The van der Waals surface area contributed by atoms with Crippen LogP contribution in [0.15, 0.2) is 30.5 Å². The number of benzene rings is 1. The van der Waals surface area contributed by atoms with Crippen LogP contribution in [-0.4, -0.2) is 46.9 Å². The molecule has 1 aromatic carbocycles. The van der Waals surface area contributed by atoms with Gasteiger partial charge in [0.25, 0.3) is 5.91 Å². The van der Waals surface area contributed by atoms with Gasteiger partial charge >= 0.3 is 6.18 Å². The van der Waals surface area contributed by atoms with Crippen molar-refractivity contribution < 1.29 is 18.0 Å². The van der Waals surface area contributed by atoms with Gasteiger partial charge in [0.1, 0.15) is 5.56 Å². The maximum atomic E-state index is 12.8. The van der Waals surface area contributed by atoms with Crippen LogP contribution < -0.4 is 11.1 Å². The Kier molecular flexibility index (Phi) is 6.16. The monoisotopic (exact) mass is 422 g/mol. The van der Waals surface area contributed by atoms with E-state index < -0.39 is 17.6 Å². The number of carbonyl (C=O) groups is 1. The Morgan fingerprint density at radius 1 is 1.30 bits per heavy atom. The first-order chi connectivity index (χ1) is 14.1. The SMILES string of the molecule is CN(C)[C@H]1CC[C@H](n2cc(C(N)=O)c(Nc3ccc(C(F)(F)F)cc3)n2)[C@@H](C=N)C1. The number of carbonyl (C=O) groups excluding carboxylic acids is 1. The van der Waals surface area contributed by atoms with E-state index in [2.05, 4.69) is 15.3 Å². The molecule has 1 aliphatic carbocycles. The van der Waals surface area contributed by atoms with Crippen molar-refractivity contribution in [2.24, 2.45) is 11.7 Å². The molecule has 0 bridgehead atoms. The summed E-state index contributed by atoms with van der Waals surface area (Å²) in [4.78, 5) is 14.1. The van der Waals surface area contributed by atoms with Gasteiger partial charge in [-0.2, -0.15) is 18.3 Å². The highest BCUT2D eigenvalue weighted by Gasteiger charge is 2.33. The number of hydrogen-bond acceptors (Lipinski definition) is 5. The smallest absolute Gasteiger partial charge is 0.365 e. The maximum Gasteiger partial charge on any atom is 0.416 e. The van der Waals surface area contributed by atoms with E-state index in [1.807, 2.05) is 14.1 Å². The second-order valence-electron chi connectivity index (χ2n) is 7.76. The zero-order valence-electron chi connectivity index (χ0n) is 16.8. The first-order valence-electron chi connectivity index (χ1n) is 9.60. The highest BCUT2D eigenvalue weighted by Crippen LogP contribution is 2.36. The van der Waals surface area contributed by atoms with Crippen molar-refractivity contribution >= 4 is 23.6 Å². The van der Waals surface area contributed by atoms with Crippen LogP contribution >= 0.6 is 0 Å². The quantitative estimate of drug-likeness (QED) is 0.619. The molecule has 0 unspecified atom stereocenters. The summed E-state index contributed by atoms with van der Waals surface area (Å²) in [5.41, 5.74) is 5.23. The zero-order chi connectivity index (χ0) is 22.1. The van der Waals surface area contributed by atoms with Crippen molar-refractivity contribution in [1.29, 1.82) is 5.41 Å². The molecule has 3 rings (SSSR count). The minimum Gasteiger partial charge on any atom is -0.365 e. The average Bonchev–Trinajstić information content (AvgIpc) is 3.11. The Hall–Kier alpha value is -2.88. The third kappa shape index (κ3) is 4.64. The molecule has 1 aliphatic rings. The number of amides is 1. The number of anilines is 2. The van der Waals surface area contributed by atoms with Crippen molar-refractivity contribution in [3.05, 3.63) is 41.6 Å². The molecule has 0 spiro atoms. The molecule has 7 nitrogen and oxygen atoms in total. The number of halogens is 3. The minimum atomic E-state index is -4.42. The molecule has 4 N–H and O–H groups in total. The van der Waals surface area contributed by atoms with Crippen LogP contribution in [0.25, 0.3) is 0 Å². The van der Waals surface area contributed by atoms with E-state index >= 15 is 0 Å². The van der Waals surface area contributed by atoms with E-state index in [9.17, 15) is 18.0 Å². The standard InChI is InChI=1S/C20H25F3N6O/c1-28(2)15-7-8-17(12(9-15)10-24)29-11-16(18(25)30)19(27-29)26-14-5-3-13(4-6-14)20(21,22)23/h3-6,10-12,15,17,24H,7-9H2,1-2H3,(H2,25,30)(H,26,27)/t12-,15+,17+/m1/s1. The summed E-state index contributed by atoms with van der Waals surface area (Å²) in [6, 6.07) is 4.72. The fourth-order valence-electron chi connectivity index (χ4n) is 3.86. The molecule has 2 aromatic rings. The first kappa shape index (κ1) is 21.8. The lowest BCUT2D eigenvalue weighted by Crippen LogP contribution is -2.38. The maximum absolute atomic E-state index is 12.8. The highest BCUT2D eigenvalue weighted by molar-refractivity contribution is 5.98. The molecule has 3 atom stereocenters. The summed E-state index contributed by atoms with van der Waals surface area (Å²) < 4.78 is 39.9. The Balaban J connectivity index is 1.85. The fraction of sp³-hybridized carbons (Fsp3) is 0.450. The zero-order valence-corrected chi connectivity index (χ0v) is 16.8. The number of alkyl halides is 3. The predicted octanol–water partition coefficient (Wildman–Crippen LogP) is 3.67. The first-order valence-corrected chi connectivity index (χ1v) is 9.60. The summed E-state index contributed by atoms with van der Waals surface area (Å²) >= 11 is 0. The molecule has 0 saturated heterocycles. The van der Waals surface area contributed by atoms with Crippen molar-refractivity contribution in [2.75, 3.05) is 19.4 Å². The molecule has 1 heterocycles. The number of aromatic nitrogens is 2. The van der Waals surface area contributed by atoms with Gasteiger partial charge in [0.05, 0.1) is 11.6 Å². The number of rotatable bonds is 6. The average molecular weight is 422 g/mol. The second-order valence-corrected chi connectivity index (χ2v) is 7.76. The van der Waals surface area contributed by atoms with E-state index in [1.54, 1.807) is 10.9 Å². The van der Waals surface area contributed by atoms with Gasteiger partial charge in [-0.3, -0.25) is 9.48 Å². The predicted molar refractivity (Wildman–Crippen MR) is 108 cm³/mol. The topological polar surface area (TPSA) is 100 Å². The Labute approximate surface area is 172 Å². The summed E-state index contributed by atoms with van der Waals surface area (Å²) in [7, 11) is 4.02. The van der Waals surface area contributed by atoms with Crippen molar-refractivity contribution in [3.8, 4) is 0 Å². The van der Waals surface area contributed by atoms with Crippen LogP contribution in [0.4, 0.5) is 24.7 Å². The van der Waals surface area contributed by atoms with E-state index in [1.165, 1.54) is 18.3 Å². The normalized spacial score (nSPS) is 22.1. The molecule has 30 heavy (non-hydrogen) atoms. The number of nitrogens with zero attached hydrogens (tertiary/aromatic N) is 3. The van der Waals surface area contributed by atoms with Crippen LogP contribution in [0.1, 0.15) is 41.2 Å². The summed E-state index contributed by atoms with van der Waals surface area (Å²) in [6.07, 6.45) is 1.04. The molecule has 0 radical (unpaired) electrons. The van der Waals surface area contributed by atoms with Gasteiger partial charge in [0.15, 0.2) is 5.82 Å². The van der Waals surface area contributed by atoms with Crippen LogP contribution in [0, 0.1) is 11.3 Å². The van der Waals surface area contributed by atoms with Gasteiger partial charge in [-0.05, 0) is 57.6 Å². The van der Waals surface area contributed by atoms with Gasteiger partial charge in [0.2, 0.25) is 0 Å². The van der Waals surface area contributed by atoms with Gasteiger partial charge in [0, 0.05) is 30.1 Å². The molecule has 1 fully saturated rings. The Morgan fingerprint density at radius 2 is 1.97 bits per heavy atom. The van der Waals surface area contributed by atoms with Crippen molar-refractivity contribution in [1.82, 2.24) is 14.7 Å². The molecule has 10 heteroatoms. The Bertz CT molecular complexity index is 906. The fourth-order valence-corrected chi connectivity index (χ4v) is 3.86. The highest BCUT2D eigenvalue weighted by atomic mass is 19.4. The lowest BCUT2D eigenvalue weighted by Gasteiger charge is -2.37.